The highest BCUT2D eigenvalue weighted by Crippen LogP contribution is 2.47. The summed E-state index contributed by atoms with van der Waals surface area (Å²) >= 11 is 1.83. The molecule has 6 heteroatoms. The number of rotatable bonds is 5. The van der Waals surface area contributed by atoms with E-state index in [9.17, 15) is 0 Å². The number of thiophene rings is 1. The lowest BCUT2D eigenvalue weighted by Gasteiger charge is -2.27. The van der Waals surface area contributed by atoms with Crippen LogP contribution in [-0.2, 0) is 0 Å². The molecule has 4 aromatic heterocycles. The molecule has 0 atom stereocenters. The standard InChI is InChI=1S/C49H29N3O2S/c1-3-12-30(13-4-1)49-50-38-25-27-43-47(48(38)54-49)37-28-32(23-26-42(37)53-43)51(40-19-11-21-45-46(40)36-17-8-10-20-44(36)55-45)33-22-24-35-34-16-7-9-18-39(34)52(41(35)29-33)31-14-5-2-6-15-31/h1-29H. The molecule has 0 spiro atoms. The molecule has 0 bridgehead atoms. The molecule has 258 valence electrons. The van der Waals surface area contributed by atoms with Crippen molar-refractivity contribution in [3.63, 3.8) is 0 Å². The summed E-state index contributed by atoms with van der Waals surface area (Å²) in [6, 6.07) is 62.1. The van der Waals surface area contributed by atoms with Crippen LogP contribution in [0.5, 0.6) is 0 Å². The lowest BCUT2D eigenvalue weighted by Crippen LogP contribution is -2.10. The van der Waals surface area contributed by atoms with E-state index < -0.39 is 0 Å². The Kier molecular flexibility index (Phi) is 6.44. The van der Waals surface area contributed by atoms with Gasteiger partial charge < -0.3 is 18.3 Å². The van der Waals surface area contributed by atoms with Crippen molar-refractivity contribution >= 4 is 103 Å². The highest BCUT2D eigenvalue weighted by atomic mass is 32.1. The summed E-state index contributed by atoms with van der Waals surface area (Å²) in [5, 5.41) is 6.80. The largest absolute Gasteiger partial charge is 0.456 e. The molecule has 0 radical (unpaired) electrons. The molecule has 0 fully saturated rings. The minimum Gasteiger partial charge on any atom is -0.456 e. The van der Waals surface area contributed by atoms with Gasteiger partial charge in [0.15, 0.2) is 5.58 Å². The minimum atomic E-state index is 0.591. The summed E-state index contributed by atoms with van der Waals surface area (Å²) < 4.78 is 17.9. The Labute approximate surface area is 318 Å². The van der Waals surface area contributed by atoms with E-state index in [1.165, 1.54) is 36.5 Å². The Morgan fingerprint density at radius 1 is 0.491 bits per heavy atom. The number of furan rings is 1. The fourth-order valence-electron chi connectivity index (χ4n) is 8.40. The predicted octanol–water partition coefficient (Wildman–Crippen LogP) is 14.3. The summed E-state index contributed by atoms with van der Waals surface area (Å²) in [5.74, 6) is 0.591. The van der Waals surface area contributed by atoms with Crippen molar-refractivity contribution in [2.24, 2.45) is 0 Å². The first-order valence-corrected chi connectivity index (χ1v) is 19.2. The molecular weight excluding hydrogens is 695 g/mol. The molecule has 0 N–H and O–H groups in total. The molecule has 0 aliphatic heterocycles. The van der Waals surface area contributed by atoms with Crippen LogP contribution in [0.25, 0.3) is 92.2 Å². The number of anilines is 3. The summed E-state index contributed by atoms with van der Waals surface area (Å²) in [7, 11) is 0. The van der Waals surface area contributed by atoms with Crippen molar-refractivity contribution in [2.75, 3.05) is 4.90 Å². The van der Waals surface area contributed by atoms with E-state index >= 15 is 0 Å². The van der Waals surface area contributed by atoms with E-state index in [1.807, 2.05) is 53.8 Å². The highest BCUT2D eigenvalue weighted by Gasteiger charge is 2.23. The van der Waals surface area contributed by atoms with Gasteiger partial charge in [-0.1, -0.05) is 84.9 Å². The summed E-state index contributed by atoms with van der Waals surface area (Å²) in [6.07, 6.45) is 0. The number of benzene rings is 8. The van der Waals surface area contributed by atoms with Gasteiger partial charge in [-0.3, -0.25) is 0 Å². The molecule has 12 rings (SSSR count). The minimum absolute atomic E-state index is 0.591. The molecule has 0 saturated heterocycles. The summed E-state index contributed by atoms with van der Waals surface area (Å²) in [6.45, 7) is 0. The fourth-order valence-corrected chi connectivity index (χ4v) is 9.53. The Morgan fingerprint density at radius 3 is 2.09 bits per heavy atom. The first-order valence-electron chi connectivity index (χ1n) is 18.4. The molecule has 0 unspecified atom stereocenters. The summed E-state index contributed by atoms with van der Waals surface area (Å²) in [4.78, 5) is 7.29. The van der Waals surface area contributed by atoms with Gasteiger partial charge in [0.2, 0.25) is 5.89 Å². The Balaban J connectivity index is 1.15. The van der Waals surface area contributed by atoms with Gasteiger partial charge in [0, 0.05) is 59.0 Å². The fraction of sp³-hybridized carbons (Fsp3) is 0. The Bertz CT molecular complexity index is 3450. The maximum atomic E-state index is 6.55. The molecule has 0 saturated carbocycles. The van der Waals surface area contributed by atoms with E-state index in [0.717, 1.165) is 66.9 Å². The zero-order valence-electron chi connectivity index (χ0n) is 29.3. The third kappa shape index (κ3) is 4.55. The highest BCUT2D eigenvalue weighted by molar-refractivity contribution is 7.26. The predicted molar refractivity (Wildman–Crippen MR) is 229 cm³/mol. The van der Waals surface area contributed by atoms with Gasteiger partial charge in [-0.05, 0) is 91.0 Å². The SMILES string of the molecule is c1ccc(-c2nc3ccc4oc5ccc(N(c6ccc7c8ccccc8n(-c8ccccc8)c7c6)c6cccc7sc8ccccc8c67)cc5c4c3o2)cc1. The lowest BCUT2D eigenvalue weighted by atomic mass is 10.1. The van der Waals surface area contributed by atoms with Crippen LogP contribution in [0.15, 0.2) is 185 Å². The third-order valence-electron chi connectivity index (χ3n) is 10.8. The average Bonchev–Trinajstić information content (AvgIpc) is 4.02. The second kappa shape index (κ2) is 11.7. The molecule has 5 nitrogen and oxygen atoms in total. The second-order valence-corrected chi connectivity index (χ2v) is 15.0. The zero-order chi connectivity index (χ0) is 36.0. The number of aromatic nitrogens is 2. The van der Waals surface area contributed by atoms with E-state index in [0.29, 0.717) is 5.89 Å². The lowest BCUT2D eigenvalue weighted by molar-refractivity contribution is 0.622. The van der Waals surface area contributed by atoms with Crippen LogP contribution in [0.3, 0.4) is 0 Å². The molecule has 4 heterocycles. The molecular formula is C49H29N3O2S. The van der Waals surface area contributed by atoms with Crippen molar-refractivity contribution in [3.05, 3.63) is 176 Å². The van der Waals surface area contributed by atoms with Gasteiger partial charge in [-0.25, -0.2) is 4.98 Å². The smallest absolute Gasteiger partial charge is 0.227 e. The van der Waals surface area contributed by atoms with Crippen molar-refractivity contribution < 1.29 is 8.83 Å². The van der Waals surface area contributed by atoms with Crippen molar-refractivity contribution in [1.29, 1.82) is 0 Å². The third-order valence-corrected chi connectivity index (χ3v) is 11.9. The molecule has 55 heavy (non-hydrogen) atoms. The molecule has 0 aliphatic rings. The average molecular weight is 724 g/mol. The van der Waals surface area contributed by atoms with Crippen molar-refractivity contribution in [1.82, 2.24) is 9.55 Å². The van der Waals surface area contributed by atoms with E-state index in [-0.39, 0.29) is 0 Å². The first kappa shape index (κ1) is 30.3. The maximum absolute atomic E-state index is 6.55. The van der Waals surface area contributed by atoms with Gasteiger partial charge in [-0.15, -0.1) is 11.3 Å². The van der Waals surface area contributed by atoms with Gasteiger partial charge in [0.25, 0.3) is 0 Å². The first-order chi connectivity index (χ1) is 27.3. The number of para-hydroxylation sites is 2. The monoisotopic (exact) mass is 723 g/mol. The van der Waals surface area contributed by atoms with E-state index in [1.54, 1.807) is 0 Å². The number of oxazole rings is 1. The quantitative estimate of drug-likeness (QED) is 0.177. The molecule has 12 aromatic rings. The van der Waals surface area contributed by atoms with Gasteiger partial charge in [-0.2, -0.15) is 0 Å². The molecule has 8 aromatic carbocycles. The number of fused-ring (bicyclic) bond motifs is 11. The second-order valence-electron chi connectivity index (χ2n) is 13.9. The molecule has 0 aliphatic carbocycles. The molecule has 0 amide bonds. The van der Waals surface area contributed by atoms with E-state index in [2.05, 4.69) is 143 Å². The van der Waals surface area contributed by atoms with Crippen LogP contribution in [0, 0.1) is 0 Å². The van der Waals surface area contributed by atoms with Gasteiger partial charge in [0.05, 0.1) is 22.1 Å². The maximum Gasteiger partial charge on any atom is 0.227 e. The van der Waals surface area contributed by atoms with Crippen LogP contribution >= 0.6 is 11.3 Å². The topological polar surface area (TPSA) is 47.3 Å². The van der Waals surface area contributed by atoms with Gasteiger partial charge in [0.1, 0.15) is 16.7 Å². The normalized spacial score (nSPS) is 12.0. The van der Waals surface area contributed by atoms with Crippen LogP contribution in [0.4, 0.5) is 17.1 Å². The Morgan fingerprint density at radius 2 is 1.20 bits per heavy atom. The number of nitrogens with zero attached hydrogens (tertiary/aromatic N) is 3. The number of hydrogen-bond donors (Lipinski definition) is 0. The summed E-state index contributed by atoms with van der Waals surface area (Å²) in [5.41, 5.74) is 10.6. The zero-order valence-corrected chi connectivity index (χ0v) is 30.1. The van der Waals surface area contributed by atoms with Crippen LogP contribution < -0.4 is 4.90 Å². The van der Waals surface area contributed by atoms with Crippen molar-refractivity contribution in [2.45, 2.75) is 0 Å². The van der Waals surface area contributed by atoms with Crippen LogP contribution in [0.2, 0.25) is 0 Å². The Hall–Kier alpha value is -7.15. The number of hydrogen-bond acceptors (Lipinski definition) is 5. The van der Waals surface area contributed by atoms with Gasteiger partial charge >= 0.3 is 0 Å². The van der Waals surface area contributed by atoms with Crippen LogP contribution in [-0.4, -0.2) is 9.55 Å². The van der Waals surface area contributed by atoms with Crippen molar-refractivity contribution in [3.8, 4) is 17.1 Å². The van der Waals surface area contributed by atoms with Crippen LogP contribution in [0.1, 0.15) is 0 Å². The van der Waals surface area contributed by atoms with E-state index in [4.69, 9.17) is 13.8 Å².